The van der Waals surface area contributed by atoms with E-state index in [1.165, 1.54) is 36.8 Å². The minimum atomic E-state index is 0.540. The van der Waals surface area contributed by atoms with Crippen LogP contribution in [0.25, 0.3) is 11.4 Å². The number of hydrogen-bond donors (Lipinski definition) is 1. The van der Waals surface area contributed by atoms with E-state index in [2.05, 4.69) is 10.2 Å². The van der Waals surface area contributed by atoms with Gasteiger partial charge in [0.2, 0.25) is 5.16 Å². The first-order chi connectivity index (χ1) is 10.6. The van der Waals surface area contributed by atoms with Crippen LogP contribution in [0, 0.1) is 5.92 Å². The first-order valence-corrected chi connectivity index (χ1v) is 9.18. The van der Waals surface area contributed by atoms with Gasteiger partial charge in [-0.25, -0.2) is 4.68 Å². The molecule has 0 aliphatic heterocycles. The number of rotatable bonds is 4. The van der Waals surface area contributed by atoms with Gasteiger partial charge < -0.3 is 5.84 Å². The van der Waals surface area contributed by atoms with E-state index in [9.17, 15) is 0 Å². The van der Waals surface area contributed by atoms with E-state index < -0.39 is 0 Å². The zero-order chi connectivity index (χ0) is 15.5. The Bertz CT molecular complexity index is 653. The number of thioether (sulfide) groups is 1. The van der Waals surface area contributed by atoms with Gasteiger partial charge in [0.05, 0.1) is 5.02 Å². The molecule has 0 bridgehead atoms. The van der Waals surface area contributed by atoms with Gasteiger partial charge in [0.25, 0.3) is 0 Å². The second-order valence-electron chi connectivity index (χ2n) is 5.62. The number of nitrogens with zero attached hydrogens (tertiary/aromatic N) is 3. The zero-order valence-electron chi connectivity index (χ0n) is 12.1. The molecular weight excluding hydrogens is 339 g/mol. The average molecular weight is 357 g/mol. The van der Waals surface area contributed by atoms with Crippen LogP contribution < -0.4 is 5.84 Å². The maximum absolute atomic E-state index is 6.21. The molecule has 4 nitrogen and oxygen atoms in total. The van der Waals surface area contributed by atoms with Gasteiger partial charge in [-0.3, -0.25) is 0 Å². The number of benzene rings is 1. The molecular formula is C15H18Cl2N4S. The van der Waals surface area contributed by atoms with Crippen LogP contribution in [0.4, 0.5) is 0 Å². The molecule has 0 saturated heterocycles. The Morgan fingerprint density at radius 3 is 2.73 bits per heavy atom. The maximum atomic E-state index is 6.21. The van der Waals surface area contributed by atoms with Crippen LogP contribution in [0.5, 0.6) is 0 Å². The summed E-state index contributed by atoms with van der Waals surface area (Å²) in [7, 11) is 0. The molecule has 0 atom stereocenters. The van der Waals surface area contributed by atoms with Gasteiger partial charge in [-0.05, 0) is 37.0 Å². The molecule has 0 amide bonds. The van der Waals surface area contributed by atoms with Crippen molar-refractivity contribution in [3.63, 3.8) is 0 Å². The minimum Gasteiger partial charge on any atom is -0.335 e. The summed E-state index contributed by atoms with van der Waals surface area (Å²) >= 11 is 13.9. The van der Waals surface area contributed by atoms with Crippen molar-refractivity contribution in [1.82, 2.24) is 14.9 Å². The van der Waals surface area contributed by atoms with Gasteiger partial charge >= 0.3 is 0 Å². The van der Waals surface area contributed by atoms with Crippen LogP contribution in [-0.2, 0) is 0 Å². The Hall–Kier alpha value is -0.910. The third kappa shape index (κ3) is 3.53. The largest absolute Gasteiger partial charge is 0.335 e. The molecule has 1 aromatic carbocycles. The highest BCUT2D eigenvalue weighted by molar-refractivity contribution is 7.99. The third-order valence-corrected chi connectivity index (χ3v) is 5.75. The van der Waals surface area contributed by atoms with Crippen LogP contribution in [0.1, 0.15) is 32.1 Å². The molecule has 7 heteroatoms. The van der Waals surface area contributed by atoms with Crippen LogP contribution in [-0.4, -0.2) is 20.6 Å². The summed E-state index contributed by atoms with van der Waals surface area (Å²) in [5.41, 5.74) is 0.702. The molecule has 1 aromatic heterocycles. The van der Waals surface area contributed by atoms with E-state index in [0.717, 1.165) is 16.8 Å². The van der Waals surface area contributed by atoms with E-state index in [0.29, 0.717) is 21.4 Å². The van der Waals surface area contributed by atoms with E-state index in [4.69, 9.17) is 29.0 Å². The van der Waals surface area contributed by atoms with Crippen molar-refractivity contribution < 1.29 is 0 Å². The predicted molar refractivity (Wildman–Crippen MR) is 92.9 cm³/mol. The molecule has 0 radical (unpaired) electrons. The molecule has 1 fully saturated rings. The molecule has 2 N–H and O–H groups in total. The average Bonchev–Trinajstić information content (AvgIpc) is 2.89. The smallest absolute Gasteiger partial charge is 0.210 e. The molecule has 1 saturated carbocycles. The summed E-state index contributed by atoms with van der Waals surface area (Å²) < 4.78 is 1.50. The van der Waals surface area contributed by atoms with Crippen molar-refractivity contribution in [2.24, 2.45) is 5.92 Å². The van der Waals surface area contributed by atoms with Gasteiger partial charge in [-0.15, -0.1) is 10.2 Å². The Labute approximate surface area is 144 Å². The fraction of sp³-hybridized carbons (Fsp3) is 0.467. The Kier molecular flexibility index (Phi) is 5.16. The van der Waals surface area contributed by atoms with E-state index in [1.807, 2.05) is 0 Å². The highest BCUT2D eigenvalue weighted by atomic mass is 35.5. The second kappa shape index (κ2) is 7.11. The molecule has 22 heavy (non-hydrogen) atoms. The minimum absolute atomic E-state index is 0.540. The third-order valence-electron chi connectivity index (χ3n) is 4.01. The summed E-state index contributed by atoms with van der Waals surface area (Å²) in [5.74, 6) is 8.48. The highest BCUT2D eigenvalue weighted by Crippen LogP contribution is 2.32. The molecule has 0 spiro atoms. The lowest BCUT2D eigenvalue weighted by Gasteiger charge is -2.20. The van der Waals surface area contributed by atoms with Crippen molar-refractivity contribution in [3.8, 4) is 11.4 Å². The number of nitrogens with two attached hydrogens (primary N) is 1. The number of hydrogen-bond acceptors (Lipinski definition) is 4. The zero-order valence-corrected chi connectivity index (χ0v) is 14.5. The topological polar surface area (TPSA) is 56.7 Å². The Balaban J connectivity index is 1.75. The Morgan fingerprint density at radius 1 is 1.18 bits per heavy atom. The number of aromatic nitrogens is 3. The SMILES string of the molecule is Nn1c(SCC2CCCCC2)nnc1-c1cc(Cl)ccc1Cl. The van der Waals surface area contributed by atoms with Gasteiger partial charge in [0.1, 0.15) is 0 Å². The van der Waals surface area contributed by atoms with Crippen LogP contribution in [0.15, 0.2) is 23.4 Å². The second-order valence-corrected chi connectivity index (χ2v) is 7.45. The summed E-state index contributed by atoms with van der Waals surface area (Å²) in [6.07, 6.45) is 6.65. The number of nitrogen functional groups attached to an aromatic ring is 1. The quantitative estimate of drug-likeness (QED) is 0.640. The van der Waals surface area contributed by atoms with Gasteiger partial charge in [0, 0.05) is 16.3 Å². The molecule has 2 aromatic rings. The summed E-state index contributed by atoms with van der Waals surface area (Å²) in [6.45, 7) is 0. The molecule has 118 valence electrons. The first kappa shape index (κ1) is 16.0. The van der Waals surface area contributed by atoms with Crippen molar-refractivity contribution in [1.29, 1.82) is 0 Å². The maximum Gasteiger partial charge on any atom is 0.210 e. The molecule has 0 unspecified atom stereocenters. The predicted octanol–water partition coefficient (Wildman–Crippen LogP) is 4.64. The highest BCUT2D eigenvalue weighted by Gasteiger charge is 2.18. The normalized spacial score (nSPS) is 16.1. The molecule has 1 aliphatic rings. The Morgan fingerprint density at radius 2 is 1.95 bits per heavy atom. The lowest BCUT2D eigenvalue weighted by molar-refractivity contribution is 0.390. The van der Waals surface area contributed by atoms with Crippen molar-refractivity contribution in [3.05, 3.63) is 28.2 Å². The van der Waals surface area contributed by atoms with Gasteiger partial charge in [0.15, 0.2) is 5.82 Å². The summed E-state index contributed by atoms with van der Waals surface area (Å²) in [4.78, 5) is 0. The van der Waals surface area contributed by atoms with E-state index in [-0.39, 0.29) is 0 Å². The van der Waals surface area contributed by atoms with Crippen molar-refractivity contribution in [2.45, 2.75) is 37.3 Å². The standard InChI is InChI=1S/C15H18Cl2N4S/c16-11-6-7-13(17)12(8-11)14-19-20-15(21(14)18)22-9-10-4-2-1-3-5-10/h6-8,10H,1-5,9,18H2. The summed E-state index contributed by atoms with van der Waals surface area (Å²) in [6, 6.07) is 5.24. The van der Waals surface area contributed by atoms with Crippen LogP contribution in [0.3, 0.4) is 0 Å². The monoisotopic (exact) mass is 356 g/mol. The number of halogens is 2. The van der Waals surface area contributed by atoms with Gasteiger partial charge in [-0.2, -0.15) is 0 Å². The lowest BCUT2D eigenvalue weighted by atomic mass is 9.91. The van der Waals surface area contributed by atoms with Crippen LogP contribution in [0.2, 0.25) is 10.0 Å². The van der Waals surface area contributed by atoms with Crippen molar-refractivity contribution >= 4 is 35.0 Å². The molecule has 1 aliphatic carbocycles. The van der Waals surface area contributed by atoms with Crippen LogP contribution >= 0.6 is 35.0 Å². The molecule has 1 heterocycles. The fourth-order valence-corrected chi connectivity index (χ4v) is 4.19. The van der Waals surface area contributed by atoms with Gasteiger partial charge in [-0.1, -0.05) is 54.2 Å². The lowest BCUT2D eigenvalue weighted by Crippen LogP contribution is -2.13. The summed E-state index contributed by atoms with van der Waals surface area (Å²) in [5, 5.41) is 10.2. The molecule has 3 rings (SSSR count). The van der Waals surface area contributed by atoms with Crippen molar-refractivity contribution in [2.75, 3.05) is 11.6 Å². The van der Waals surface area contributed by atoms with E-state index >= 15 is 0 Å². The fourth-order valence-electron chi connectivity index (χ4n) is 2.77. The first-order valence-electron chi connectivity index (χ1n) is 7.44. The van der Waals surface area contributed by atoms with E-state index in [1.54, 1.807) is 30.0 Å².